The number of nitrogens with one attached hydrogen (secondary N) is 1. The number of hydrogen-bond acceptors (Lipinski definition) is 7. The highest BCUT2D eigenvalue weighted by Crippen LogP contribution is 2.25. The van der Waals surface area contributed by atoms with E-state index in [1.807, 2.05) is 28.7 Å². The Hall–Kier alpha value is -4.71. The van der Waals surface area contributed by atoms with Gasteiger partial charge >= 0.3 is 0 Å². The van der Waals surface area contributed by atoms with E-state index in [0.717, 1.165) is 16.8 Å². The molecule has 0 saturated heterocycles. The molecule has 2 aromatic heterocycles. The summed E-state index contributed by atoms with van der Waals surface area (Å²) in [7, 11) is 1.67. The normalized spacial score (nSPS) is 14.8. The minimum Gasteiger partial charge on any atom is -0.451 e. The van der Waals surface area contributed by atoms with E-state index in [9.17, 15) is 4.79 Å². The maximum atomic E-state index is 13.1. The zero-order chi connectivity index (χ0) is 22.9. The van der Waals surface area contributed by atoms with Gasteiger partial charge in [0.25, 0.3) is 5.91 Å². The molecule has 1 unspecified atom stereocenters. The van der Waals surface area contributed by atoms with Crippen molar-refractivity contribution in [3.05, 3.63) is 83.9 Å². The number of carbonyl (C=O) groups excluding carboxylic acids is 1. The number of nitriles is 1. The Balaban J connectivity index is 1.43. The van der Waals surface area contributed by atoms with Crippen molar-refractivity contribution in [2.75, 3.05) is 11.9 Å². The number of hydrazone groups is 1. The molecule has 33 heavy (non-hydrogen) atoms. The van der Waals surface area contributed by atoms with E-state index in [0.29, 0.717) is 22.8 Å². The first kappa shape index (κ1) is 20.2. The number of fused-ring (bicyclic) bond motifs is 1. The molecule has 9 nitrogen and oxygen atoms in total. The second-order valence-corrected chi connectivity index (χ2v) is 7.55. The van der Waals surface area contributed by atoms with Crippen LogP contribution < -0.4 is 10.3 Å². The lowest BCUT2D eigenvalue weighted by atomic mass is 10.1. The van der Waals surface area contributed by atoms with Crippen LogP contribution in [0.1, 0.15) is 34.8 Å². The average Bonchev–Trinajstić information content (AvgIpc) is 3.49. The summed E-state index contributed by atoms with van der Waals surface area (Å²) in [4.78, 5) is 23.3. The third kappa shape index (κ3) is 3.74. The highest BCUT2D eigenvalue weighted by atomic mass is 16.5. The summed E-state index contributed by atoms with van der Waals surface area (Å²) in [6, 6.07) is 16.8. The fraction of sp³-hybridized carbons (Fsp3) is 0.125. The predicted octanol–water partition coefficient (Wildman–Crippen LogP) is 3.50. The molecule has 1 aliphatic heterocycles. The van der Waals surface area contributed by atoms with Gasteiger partial charge in [0.1, 0.15) is 5.69 Å². The lowest BCUT2D eigenvalue weighted by Crippen LogP contribution is -2.27. The maximum Gasteiger partial charge on any atom is 0.278 e. The largest absolute Gasteiger partial charge is 0.451 e. The van der Waals surface area contributed by atoms with Gasteiger partial charge in [0.2, 0.25) is 12.1 Å². The summed E-state index contributed by atoms with van der Waals surface area (Å²) in [5.41, 5.74) is 7.78. The molecule has 162 valence electrons. The zero-order valence-corrected chi connectivity index (χ0v) is 17.9. The van der Waals surface area contributed by atoms with Gasteiger partial charge in [-0.25, -0.2) is 9.97 Å². The number of carbonyl (C=O) groups is 1. The first-order chi connectivity index (χ1) is 16.0. The smallest absolute Gasteiger partial charge is 0.278 e. The van der Waals surface area contributed by atoms with Crippen LogP contribution in [0.4, 0.5) is 5.69 Å². The van der Waals surface area contributed by atoms with Crippen molar-refractivity contribution in [1.82, 2.24) is 19.8 Å². The average molecular weight is 437 g/mol. The predicted molar refractivity (Wildman–Crippen MR) is 122 cm³/mol. The fourth-order valence-electron chi connectivity index (χ4n) is 3.61. The van der Waals surface area contributed by atoms with Gasteiger partial charge in [-0.1, -0.05) is 24.3 Å². The van der Waals surface area contributed by atoms with Gasteiger partial charge in [-0.2, -0.15) is 5.26 Å². The Kier molecular flexibility index (Phi) is 4.95. The number of anilines is 1. The van der Waals surface area contributed by atoms with Crippen LogP contribution in [0, 0.1) is 11.3 Å². The van der Waals surface area contributed by atoms with Gasteiger partial charge < -0.3 is 9.64 Å². The third-order valence-corrected chi connectivity index (χ3v) is 5.44. The molecule has 1 N–H and O–H groups in total. The van der Waals surface area contributed by atoms with Gasteiger partial charge in [0.05, 0.1) is 29.7 Å². The lowest BCUT2D eigenvalue weighted by molar-refractivity contribution is 0.0988. The van der Waals surface area contributed by atoms with Crippen molar-refractivity contribution in [3.8, 4) is 17.3 Å². The number of imidazole rings is 1. The lowest BCUT2D eigenvalue weighted by Gasteiger charge is -2.17. The minimum atomic E-state index is -0.299. The topological polar surface area (TPSA) is 108 Å². The van der Waals surface area contributed by atoms with E-state index in [-0.39, 0.29) is 17.8 Å². The first-order valence-electron chi connectivity index (χ1n) is 10.2. The standard InChI is InChI=1S/C24H19N7O2/c1-15-28-29-23(33-15)18-7-5-17(6-8-18)21-12-27-22-13-26-20(14-31(21)22)24(32)30(2)19-9-3-16(11-25)4-10-19/h3-10,12-14,23,29H,1-2H3. The van der Waals surface area contributed by atoms with Crippen molar-refractivity contribution >= 4 is 23.1 Å². The molecule has 1 amide bonds. The van der Waals surface area contributed by atoms with Crippen molar-refractivity contribution in [2.45, 2.75) is 13.2 Å². The minimum absolute atomic E-state index is 0.267. The highest BCUT2D eigenvalue weighted by Gasteiger charge is 2.19. The molecule has 4 aromatic rings. The Morgan fingerprint density at radius 3 is 2.55 bits per heavy atom. The molecule has 3 heterocycles. The van der Waals surface area contributed by atoms with Gasteiger partial charge in [-0.05, 0) is 24.3 Å². The molecule has 0 bridgehead atoms. The number of nitrogens with zero attached hydrogens (tertiary/aromatic N) is 6. The van der Waals surface area contributed by atoms with Crippen LogP contribution in [0.2, 0.25) is 0 Å². The highest BCUT2D eigenvalue weighted by molar-refractivity contribution is 6.04. The van der Waals surface area contributed by atoms with Crippen LogP contribution in [-0.2, 0) is 4.74 Å². The maximum absolute atomic E-state index is 13.1. The molecule has 1 aliphatic rings. The van der Waals surface area contributed by atoms with Gasteiger partial charge in [-0.3, -0.25) is 14.6 Å². The fourth-order valence-corrected chi connectivity index (χ4v) is 3.61. The number of benzene rings is 2. The summed E-state index contributed by atoms with van der Waals surface area (Å²) >= 11 is 0. The molecular weight excluding hydrogens is 418 g/mol. The van der Waals surface area contributed by atoms with Crippen LogP contribution >= 0.6 is 0 Å². The van der Waals surface area contributed by atoms with Gasteiger partial charge in [0.15, 0.2) is 5.65 Å². The SMILES string of the molecule is CC1=NNC(c2ccc(-c3cnc4cnc(C(=O)N(C)c5ccc(C#N)cc5)cn34)cc2)O1. The molecular formula is C24H19N7O2. The van der Waals surface area contributed by atoms with E-state index in [4.69, 9.17) is 10.00 Å². The van der Waals surface area contributed by atoms with E-state index < -0.39 is 0 Å². The Bertz CT molecular complexity index is 1420. The van der Waals surface area contributed by atoms with Crippen molar-refractivity contribution in [1.29, 1.82) is 5.26 Å². The molecule has 9 heteroatoms. The van der Waals surface area contributed by atoms with Crippen molar-refractivity contribution < 1.29 is 9.53 Å². The third-order valence-electron chi connectivity index (χ3n) is 5.44. The van der Waals surface area contributed by atoms with Crippen LogP contribution in [0.3, 0.4) is 0 Å². The molecule has 0 radical (unpaired) electrons. The summed E-state index contributed by atoms with van der Waals surface area (Å²) in [5.74, 6) is 0.331. The Labute approximate surface area is 189 Å². The van der Waals surface area contributed by atoms with E-state index >= 15 is 0 Å². The number of aromatic nitrogens is 3. The van der Waals surface area contributed by atoms with E-state index in [1.165, 1.54) is 4.90 Å². The summed E-state index contributed by atoms with van der Waals surface area (Å²) in [5, 5.41) is 13.0. The monoisotopic (exact) mass is 437 g/mol. The Morgan fingerprint density at radius 1 is 1.12 bits per heavy atom. The Morgan fingerprint density at radius 2 is 1.88 bits per heavy atom. The van der Waals surface area contributed by atoms with E-state index in [1.54, 1.807) is 56.8 Å². The van der Waals surface area contributed by atoms with Crippen molar-refractivity contribution in [2.24, 2.45) is 5.10 Å². The van der Waals surface area contributed by atoms with Gasteiger partial charge in [0, 0.05) is 37.0 Å². The molecule has 1 atom stereocenters. The molecule has 0 aliphatic carbocycles. The first-order valence-corrected chi connectivity index (χ1v) is 10.2. The molecule has 0 saturated carbocycles. The van der Waals surface area contributed by atoms with Crippen LogP contribution in [-0.4, -0.2) is 33.2 Å². The number of rotatable bonds is 4. The van der Waals surface area contributed by atoms with Gasteiger partial charge in [-0.15, -0.1) is 5.10 Å². The summed E-state index contributed by atoms with van der Waals surface area (Å²) < 4.78 is 7.46. The quantitative estimate of drug-likeness (QED) is 0.524. The van der Waals surface area contributed by atoms with Crippen LogP contribution in [0.15, 0.2) is 72.2 Å². The molecule has 2 aromatic carbocycles. The number of ether oxygens (including phenoxy) is 1. The molecule has 0 fully saturated rings. The number of hydrogen-bond donors (Lipinski definition) is 1. The van der Waals surface area contributed by atoms with Crippen LogP contribution in [0.25, 0.3) is 16.9 Å². The zero-order valence-electron chi connectivity index (χ0n) is 17.9. The second kappa shape index (κ2) is 8.09. The second-order valence-electron chi connectivity index (χ2n) is 7.55. The van der Waals surface area contributed by atoms with Crippen molar-refractivity contribution in [3.63, 3.8) is 0 Å². The summed E-state index contributed by atoms with van der Waals surface area (Å²) in [6.45, 7) is 1.80. The summed E-state index contributed by atoms with van der Waals surface area (Å²) in [6.07, 6.45) is 4.72. The number of amides is 1. The molecule has 5 rings (SSSR count). The van der Waals surface area contributed by atoms with Crippen LogP contribution in [0.5, 0.6) is 0 Å². The molecule has 0 spiro atoms. The van der Waals surface area contributed by atoms with E-state index in [2.05, 4.69) is 26.6 Å².